The highest BCUT2D eigenvalue weighted by Crippen LogP contribution is 2.48. The summed E-state index contributed by atoms with van der Waals surface area (Å²) in [6, 6.07) is 0. The lowest BCUT2D eigenvalue weighted by atomic mass is 9.66. The highest BCUT2D eigenvalue weighted by atomic mass is 127. The highest BCUT2D eigenvalue weighted by Gasteiger charge is 2.52. The second-order valence-electron chi connectivity index (χ2n) is 5.93. The summed E-state index contributed by atoms with van der Waals surface area (Å²) in [6.07, 6.45) is 4.73. The van der Waals surface area contributed by atoms with Gasteiger partial charge in [-0.25, -0.2) is 0 Å². The fourth-order valence-electron chi connectivity index (χ4n) is 3.98. The summed E-state index contributed by atoms with van der Waals surface area (Å²) in [7, 11) is 1.67. The Morgan fingerprint density at radius 1 is 1.45 bits per heavy atom. The molecule has 5 heteroatoms. The molecule has 3 aliphatic rings. The number of hydrogen-bond donors (Lipinski definition) is 0. The molecule has 2 saturated heterocycles. The highest BCUT2D eigenvalue weighted by molar-refractivity contribution is 14.1. The molecule has 0 aromatic carbocycles. The monoisotopic (exact) mass is 394 g/mol. The molecule has 0 N–H and O–H groups in total. The van der Waals surface area contributed by atoms with Gasteiger partial charge in [0.25, 0.3) is 0 Å². The SMILES string of the molecule is COCO[C@@H]1[C@H]2CC=C(C)[C@@H]3CCO[C@@H](O[C@@H]1CI)[C@@H]23. The summed E-state index contributed by atoms with van der Waals surface area (Å²) in [5.41, 5.74) is 1.50. The second kappa shape index (κ2) is 6.60. The van der Waals surface area contributed by atoms with Gasteiger partial charge in [-0.2, -0.15) is 0 Å². The maximum Gasteiger partial charge on any atom is 0.161 e. The van der Waals surface area contributed by atoms with Crippen LogP contribution in [-0.4, -0.2) is 43.4 Å². The molecule has 2 aliphatic heterocycles. The zero-order chi connectivity index (χ0) is 14.1. The molecule has 0 saturated carbocycles. The number of alkyl halides is 1. The van der Waals surface area contributed by atoms with E-state index in [1.54, 1.807) is 7.11 Å². The number of ether oxygens (including phenoxy) is 4. The maximum atomic E-state index is 6.20. The molecule has 114 valence electrons. The Bertz CT molecular complexity index is 373. The van der Waals surface area contributed by atoms with Crippen molar-refractivity contribution in [3.8, 4) is 0 Å². The van der Waals surface area contributed by atoms with Crippen LogP contribution < -0.4 is 0 Å². The normalized spacial score (nSPS) is 43.9. The third-order valence-electron chi connectivity index (χ3n) is 4.91. The van der Waals surface area contributed by atoms with Gasteiger partial charge >= 0.3 is 0 Å². The van der Waals surface area contributed by atoms with Gasteiger partial charge in [0.1, 0.15) is 6.79 Å². The standard InChI is InChI=1S/C15H23IO4/c1-9-3-4-11-13-10(9)5-6-18-15(13)20-12(7-16)14(11)19-8-17-2/h3,10-15H,4-8H2,1-2H3/t10-,11-,12+,13+,14+,15-/m0/s1. The molecule has 0 spiro atoms. The molecule has 1 aliphatic carbocycles. The van der Waals surface area contributed by atoms with E-state index in [9.17, 15) is 0 Å². The van der Waals surface area contributed by atoms with Gasteiger partial charge in [-0.3, -0.25) is 0 Å². The van der Waals surface area contributed by atoms with Crippen LogP contribution in [0.2, 0.25) is 0 Å². The summed E-state index contributed by atoms with van der Waals surface area (Å²) in [6.45, 7) is 3.39. The zero-order valence-corrected chi connectivity index (χ0v) is 14.2. The maximum absolute atomic E-state index is 6.20. The fourth-order valence-corrected chi connectivity index (χ4v) is 4.69. The van der Waals surface area contributed by atoms with Crippen molar-refractivity contribution >= 4 is 22.6 Å². The van der Waals surface area contributed by atoms with Gasteiger partial charge in [0.05, 0.1) is 18.8 Å². The molecule has 0 amide bonds. The van der Waals surface area contributed by atoms with E-state index in [0.29, 0.717) is 24.5 Å². The van der Waals surface area contributed by atoms with E-state index in [1.165, 1.54) is 5.57 Å². The average Bonchev–Trinajstić information content (AvgIpc) is 2.48. The first-order valence-electron chi connectivity index (χ1n) is 7.36. The second-order valence-corrected chi connectivity index (χ2v) is 6.81. The first-order chi connectivity index (χ1) is 9.76. The molecule has 6 atom stereocenters. The number of halogens is 1. The van der Waals surface area contributed by atoms with Crippen molar-refractivity contribution in [2.45, 2.75) is 38.3 Å². The summed E-state index contributed by atoms with van der Waals surface area (Å²) < 4.78 is 24.1. The van der Waals surface area contributed by atoms with Crippen LogP contribution in [0.15, 0.2) is 11.6 Å². The van der Waals surface area contributed by atoms with Gasteiger partial charge in [0.15, 0.2) is 6.29 Å². The van der Waals surface area contributed by atoms with Crippen LogP contribution in [0.4, 0.5) is 0 Å². The van der Waals surface area contributed by atoms with Crippen LogP contribution in [0.1, 0.15) is 19.8 Å². The van der Waals surface area contributed by atoms with Crippen molar-refractivity contribution < 1.29 is 18.9 Å². The predicted molar refractivity (Wildman–Crippen MR) is 83.7 cm³/mol. The molecular formula is C15H23IO4. The van der Waals surface area contributed by atoms with E-state index >= 15 is 0 Å². The molecule has 4 nitrogen and oxygen atoms in total. The molecule has 0 unspecified atom stereocenters. The first-order valence-corrected chi connectivity index (χ1v) is 8.89. The summed E-state index contributed by atoms with van der Waals surface area (Å²) in [5.74, 6) is 1.52. The van der Waals surface area contributed by atoms with Gasteiger partial charge in [-0.1, -0.05) is 34.2 Å². The Kier molecular flexibility index (Phi) is 5.02. The Morgan fingerprint density at radius 3 is 3.05 bits per heavy atom. The summed E-state index contributed by atoms with van der Waals surface area (Å²) >= 11 is 2.37. The van der Waals surface area contributed by atoms with E-state index in [0.717, 1.165) is 23.9 Å². The van der Waals surface area contributed by atoms with Crippen molar-refractivity contribution in [1.29, 1.82) is 0 Å². The van der Waals surface area contributed by atoms with Crippen molar-refractivity contribution in [3.05, 3.63) is 11.6 Å². The Hall–Kier alpha value is 0.310. The largest absolute Gasteiger partial charge is 0.359 e. The van der Waals surface area contributed by atoms with E-state index in [2.05, 4.69) is 35.6 Å². The minimum absolute atomic E-state index is 0.0513. The van der Waals surface area contributed by atoms with E-state index < -0.39 is 0 Å². The molecule has 0 radical (unpaired) electrons. The molecule has 20 heavy (non-hydrogen) atoms. The predicted octanol–water partition coefficient (Wildman–Crippen LogP) is 2.75. The van der Waals surface area contributed by atoms with Gasteiger partial charge in [-0.05, 0) is 31.6 Å². The van der Waals surface area contributed by atoms with Crippen LogP contribution in [-0.2, 0) is 18.9 Å². The number of allylic oxidation sites excluding steroid dienone is 2. The van der Waals surface area contributed by atoms with E-state index in [-0.39, 0.29) is 18.5 Å². The smallest absolute Gasteiger partial charge is 0.161 e. The van der Waals surface area contributed by atoms with Crippen LogP contribution in [0.3, 0.4) is 0 Å². The third-order valence-corrected chi connectivity index (χ3v) is 5.78. The van der Waals surface area contributed by atoms with Crippen molar-refractivity contribution in [1.82, 2.24) is 0 Å². The van der Waals surface area contributed by atoms with Gasteiger partial charge in [-0.15, -0.1) is 0 Å². The molecule has 0 bridgehead atoms. The van der Waals surface area contributed by atoms with E-state index in [4.69, 9.17) is 18.9 Å². The van der Waals surface area contributed by atoms with Crippen LogP contribution in [0.5, 0.6) is 0 Å². The molecular weight excluding hydrogens is 371 g/mol. The Morgan fingerprint density at radius 2 is 2.30 bits per heavy atom. The van der Waals surface area contributed by atoms with Gasteiger partial charge in [0, 0.05) is 17.5 Å². The Labute approximate surface area is 134 Å². The van der Waals surface area contributed by atoms with Gasteiger partial charge < -0.3 is 18.9 Å². The van der Waals surface area contributed by atoms with Gasteiger partial charge in [0.2, 0.25) is 0 Å². The first kappa shape index (κ1) is 15.2. The lowest BCUT2D eigenvalue weighted by Gasteiger charge is -2.53. The number of hydrogen-bond acceptors (Lipinski definition) is 4. The van der Waals surface area contributed by atoms with Crippen LogP contribution >= 0.6 is 22.6 Å². The number of rotatable bonds is 4. The number of methoxy groups -OCH3 is 1. The van der Waals surface area contributed by atoms with Crippen molar-refractivity contribution in [3.63, 3.8) is 0 Å². The lowest BCUT2D eigenvalue weighted by molar-refractivity contribution is -0.301. The minimum atomic E-state index is -0.0513. The summed E-state index contributed by atoms with van der Waals surface area (Å²) in [4.78, 5) is 0. The quantitative estimate of drug-likeness (QED) is 0.318. The third kappa shape index (κ3) is 2.67. The molecule has 3 rings (SSSR count). The van der Waals surface area contributed by atoms with E-state index in [1.807, 2.05) is 0 Å². The van der Waals surface area contributed by atoms with Crippen molar-refractivity contribution in [2.75, 3.05) is 24.9 Å². The molecule has 2 fully saturated rings. The fraction of sp³-hybridized carbons (Fsp3) is 0.867. The van der Waals surface area contributed by atoms with Crippen LogP contribution in [0.25, 0.3) is 0 Å². The lowest BCUT2D eigenvalue weighted by Crippen LogP contribution is -2.58. The van der Waals surface area contributed by atoms with Crippen LogP contribution in [0, 0.1) is 17.8 Å². The topological polar surface area (TPSA) is 36.9 Å². The molecule has 2 heterocycles. The molecule has 0 aromatic rings. The molecule has 0 aromatic heterocycles. The average molecular weight is 394 g/mol. The minimum Gasteiger partial charge on any atom is -0.359 e. The summed E-state index contributed by atoms with van der Waals surface area (Å²) in [5, 5.41) is 0. The zero-order valence-electron chi connectivity index (χ0n) is 12.1. The van der Waals surface area contributed by atoms with Crippen molar-refractivity contribution in [2.24, 2.45) is 17.8 Å². The Balaban J connectivity index is 1.85.